The smallest absolute Gasteiger partial charge is 0.322 e. The molecule has 9 heteroatoms. The lowest BCUT2D eigenvalue weighted by atomic mass is 9.59. The lowest BCUT2D eigenvalue weighted by Crippen LogP contribution is -2.52. The van der Waals surface area contributed by atoms with E-state index in [2.05, 4.69) is 21.3 Å². The van der Waals surface area contributed by atoms with Gasteiger partial charge in [-0.3, -0.25) is 14.4 Å². The second-order valence-corrected chi connectivity index (χ2v) is 7.82. The summed E-state index contributed by atoms with van der Waals surface area (Å²) in [4.78, 5) is 40.7. The van der Waals surface area contributed by atoms with E-state index in [0.717, 1.165) is 12.7 Å². The Morgan fingerprint density at radius 2 is 2.06 bits per heavy atom. The van der Waals surface area contributed by atoms with Gasteiger partial charge in [0.2, 0.25) is 0 Å². The third-order valence-corrected chi connectivity index (χ3v) is 5.91. The number of Topliss-reactive ketones (excluding diaryl/α,β-unsaturated/α-hetero) is 2. The van der Waals surface area contributed by atoms with Gasteiger partial charge in [-0.05, 0) is 43.7 Å². The number of ether oxygens (including phenoxy) is 3. The van der Waals surface area contributed by atoms with Gasteiger partial charge >= 0.3 is 5.97 Å². The van der Waals surface area contributed by atoms with E-state index in [4.69, 9.17) is 15.0 Å². The van der Waals surface area contributed by atoms with Gasteiger partial charge < -0.3 is 14.2 Å². The van der Waals surface area contributed by atoms with E-state index in [9.17, 15) is 14.4 Å². The minimum absolute atomic E-state index is 0.0517. The number of azide groups is 1. The average Bonchev–Trinajstić information content (AvgIpc) is 2.80. The van der Waals surface area contributed by atoms with Gasteiger partial charge in [0.1, 0.15) is 12.6 Å². The molecule has 0 aromatic heterocycles. The second kappa shape index (κ2) is 12.1. The summed E-state index contributed by atoms with van der Waals surface area (Å²) in [6, 6.07) is 8.01. The van der Waals surface area contributed by atoms with Crippen LogP contribution >= 0.6 is 0 Å². The first-order valence-electron chi connectivity index (χ1n) is 10.4. The fourth-order valence-corrected chi connectivity index (χ4v) is 4.32. The highest BCUT2D eigenvalue weighted by atomic mass is 16.7. The standard InChI is InChI=1S/C23H29N3O6/c1-4-11-23(21(28)20(25-26-24)22(29)30-3)12-10-18(13-19(23)16(2)27)32-15-31-14-17-8-6-5-7-9-17/h4-9,18-20H,1,10-15H2,2-3H3. The van der Waals surface area contributed by atoms with Crippen LogP contribution in [0.15, 0.2) is 48.1 Å². The fourth-order valence-electron chi connectivity index (χ4n) is 4.32. The van der Waals surface area contributed by atoms with Crippen LogP contribution in [0.25, 0.3) is 10.4 Å². The molecule has 1 aromatic carbocycles. The van der Waals surface area contributed by atoms with Crippen molar-refractivity contribution in [3.05, 3.63) is 59.0 Å². The van der Waals surface area contributed by atoms with Gasteiger partial charge in [0.15, 0.2) is 11.8 Å². The van der Waals surface area contributed by atoms with Crippen molar-refractivity contribution in [2.24, 2.45) is 16.4 Å². The molecule has 2 rings (SSSR count). The van der Waals surface area contributed by atoms with Crippen molar-refractivity contribution >= 4 is 17.5 Å². The summed E-state index contributed by atoms with van der Waals surface area (Å²) in [5.41, 5.74) is 8.64. The maximum absolute atomic E-state index is 13.4. The fraction of sp³-hybridized carbons (Fsp3) is 0.522. The highest BCUT2D eigenvalue weighted by Gasteiger charge is 2.53. The number of hydrogen-bond donors (Lipinski definition) is 0. The second-order valence-electron chi connectivity index (χ2n) is 7.82. The van der Waals surface area contributed by atoms with E-state index in [-0.39, 0.29) is 37.9 Å². The van der Waals surface area contributed by atoms with E-state index >= 15 is 0 Å². The molecule has 0 heterocycles. The Balaban J connectivity index is 2.13. The summed E-state index contributed by atoms with van der Waals surface area (Å²) < 4.78 is 16.0. The monoisotopic (exact) mass is 443 g/mol. The Morgan fingerprint density at radius 3 is 2.66 bits per heavy atom. The van der Waals surface area contributed by atoms with Crippen LogP contribution in [-0.4, -0.2) is 43.6 Å². The topological polar surface area (TPSA) is 128 Å². The summed E-state index contributed by atoms with van der Waals surface area (Å²) >= 11 is 0. The summed E-state index contributed by atoms with van der Waals surface area (Å²) in [5, 5.41) is 3.36. The molecule has 1 aliphatic carbocycles. The number of ketones is 2. The Hall–Kier alpha value is -3.00. The summed E-state index contributed by atoms with van der Waals surface area (Å²) in [6.45, 7) is 5.58. The molecule has 1 fully saturated rings. The van der Waals surface area contributed by atoms with E-state index in [0.29, 0.717) is 13.0 Å². The molecular formula is C23H29N3O6. The van der Waals surface area contributed by atoms with Crippen molar-refractivity contribution in [3.8, 4) is 0 Å². The molecule has 0 radical (unpaired) electrons. The molecule has 1 aromatic rings. The van der Waals surface area contributed by atoms with E-state index in [1.165, 1.54) is 6.92 Å². The van der Waals surface area contributed by atoms with Crippen LogP contribution in [0.5, 0.6) is 0 Å². The van der Waals surface area contributed by atoms with Crippen LogP contribution in [0.2, 0.25) is 0 Å². The van der Waals surface area contributed by atoms with Crippen molar-refractivity contribution in [1.29, 1.82) is 0 Å². The molecular weight excluding hydrogens is 414 g/mol. The highest BCUT2D eigenvalue weighted by Crippen LogP contribution is 2.47. The molecule has 1 saturated carbocycles. The molecule has 172 valence electrons. The predicted octanol–water partition coefficient (Wildman–Crippen LogP) is 3.92. The quantitative estimate of drug-likeness (QED) is 0.0704. The van der Waals surface area contributed by atoms with Gasteiger partial charge in [0.05, 0.1) is 19.8 Å². The Morgan fingerprint density at radius 1 is 1.34 bits per heavy atom. The molecule has 9 nitrogen and oxygen atoms in total. The highest BCUT2D eigenvalue weighted by molar-refractivity contribution is 6.07. The first-order chi connectivity index (χ1) is 15.4. The molecule has 4 atom stereocenters. The van der Waals surface area contributed by atoms with E-state index in [1.807, 2.05) is 30.3 Å². The molecule has 0 spiro atoms. The van der Waals surface area contributed by atoms with Crippen LogP contribution in [0.1, 0.15) is 38.2 Å². The molecule has 0 bridgehead atoms. The first-order valence-corrected chi connectivity index (χ1v) is 10.4. The van der Waals surface area contributed by atoms with Gasteiger partial charge in [0.25, 0.3) is 0 Å². The number of nitrogens with zero attached hydrogens (tertiary/aromatic N) is 3. The molecule has 0 aliphatic heterocycles. The minimum atomic E-state index is -1.65. The lowest BCUT2D eigenvalue weighted by molar-refractivity contribution is -0.159. The summed E-state index contributed by atoms with van der Waals surface area (Å²) in [5.74, 6) is -2.50. The van der Waals surface area contributed by atoms with E-state index in [1.54, 1.807) is 6.08 Å². The van der Waals surface area contributed by atoms with Crippen molar-refractivity contribution in [1.82, 2.24) is 0 Å². The lowest BCUT2D eigenvalue weighted by Gasteiger charge is -2.44. The number of hydrogen-bond acceptors (Lipinski definition) is 7. The molecule has 4 unspecified atom stereocenters. The number of benzene rings is 1. The van der Waals surface area contributed by atoms with Crippen LogP contribution in [0, 0.1) is 11.3 Å². The number of esters is 1. The normalized spacial score (nSPS) is 23.4. The SMILES string of the molecule is C=CCC1(C(=O)C(N=[N+]=[N-])C(=O)OC)CCC(OCOCc2ccccc2)CC1C(C)=O. The Labute approximate surface area is 187 Å². The Kier molecular flexibility index (Phi) is 9.59. The number of allylic oxidation sites excluding steroid dienone is 1. The maximum Gasteiger partial charge on any atom is 0.322 e. The number of carbonyl (C=O) groups is 3. The zero-order chi connectivity index (χ0) is 23.6. The third kappa shape index (κ3) is 6.03. The van der Waals surface area contributed by atoms with Crippen molar-refractivity contribution in [3.63, 3.8) is 0 Å². The average molecular weight is 444 g/mol. The zero-order valence-corrected chi connectivity index (χ0v) is 18.4. The number of carbonyl (C=O) groups excluding carboxylic acids is 3. The molecule has 0 amide bonds. The predicted molar refractivity (Wildman–Crippen MR) is 116 cm³/mol. The molecule has 1 aliphatic rings. The van der Waals surface area contributed by atoms with Crippen LogP contribution in [0.4, 0.5) is 0 Å². The third-order valence-electron chi connectivity index (χ3n) is 5.91. The summed E-state index contributed by atoms with van der Waals surface area (Å²) in [7, 11) is 1.11. The summed E-state index contributed by atoms with van der Waals surface area (Å²) in [6.07, 6.45) is 2.46. The first kappa shape index (κ1) is 25.3. The molecule has 32 heavy (non-hydrogen) atoms. The van der Waals surface area contributed by atoms with Crippen molar-refractivity contribution in [2.75, 3.05) is 13.9 Å². The van der Waals surface area contributed by atoms with Gasteiger partial charge in [-0.25, -0.2) is 0 Å². The maximum atomic E-state index is 13.4. The van der Waals surface area contributed by atoms with Crippen molar-refractivity contribution in [2.45, 2.75) is 51.4 Å². The van der Waals surface area contributed by atoms with Gasteiger partial charge in [-0.15, -0.1) is 6.58 Å². The van der Waals surface area contributed by atoms with Crippen LogP contribution in [0.3, 0.4) is 0 Å². The largest absolute Gasteiger partial charge is 0.468 e. The number of methoxy groups -OCH3 is 1. The van der Waals surface area contributed by atoms with Crippen LogP contribution < -0.4 is 0 Å². The Bertz CT molecular complexity index is 868. The van der Waals surface area contributed by atoms with Gasteiger partial charge in [-0.1, -0.05) is 41.5 Å². The zero-order valence-electron chi connectivity index (χ0n) is 18.4. The van der Waals surface area contributed by atoms with Gasteiger partial charge in [-0.2, -0.15) is 0 Å². The van der Waals surface area contributed by atoms with Crippen molar-refractivity contribution < 1.29 is 28.6 Å². The van der Waals surface area contributed by atoms with Crippen LogP contribution in [-0.2, 0) is 35.2 Å². The number of rotatable bonds is 12. The van der Waals surface area contributed by atoms with Gasteiger partial charge in [0, 0.05) is 16.2 Å². The van der Waals surface area contributed by atoms with E-state index < -0.39 is 29.1 Å². The minimum Gasteiger partial charge on any atom is -0.468 e. The molecule has 0 N–H and O–H groups in total. The molecule has 0 saturated heterocycles.